The predicted octanol–water partition coefficient (Wildman–Crippen LogP) is 2.20. The summed E-state index contributed by atoms with van der Waals surface area (Å²) in [6.07, 6.45) is 3.35. The molecule has 0 aliphatic heterocycles. The maximum absolute atomic E-state index is 11.6. The molecular formula is C14H14N4OS. The highest BCUT2D eigenvalue weighted by atomic mass is 32.1. The first-order chi connectivity index (χ1) is 9.58. The van der Waals surface area contributed by atoms with Gasteiger partial charge in [-0.25, -0.2) is 4.98 Å². The second-order valence-electron chi connectivity index (χ2n) is 4.23. The first-order valence-electron chi connectivity index (χ1n) is 6.01. The zero-order valence-corrected chi connectivity index (χ0v) is 12.3. The molecule has 0 aliphatic rings. The number of aromatic nitrogens is 2. The average Bonchev–Trinajstić information content (AvgIpc) is 3.04. The van der Waals surface area contributed by atoms with E-state index >= 15 is 0 Å². The van der Waals surface area contributed by atoms with Crippen LogP contribution in [0.5, 0.6) is 0 Å². The van der Waals surface area contributed by atoms with E-state index in [9.17, 15) is 4.79 Å². The van der Waals surface area contributed by atoms with Gasteiger partial charge in [0.05, 0.1) is 0 Å². The molecule has 20 heavy (non-hydrogen) atoms. The summed E-state index contributed by atoms with van der Waals surface area (Å²) in [5, 5.41) is 14.3. The van der Waals surface area contributed by atoms with Crippen molar-refractivity contribution in [3.63, 3.8) is 0 Å². The van der Waals surface area contributed by atoms with Crippen molar-refractivity contribution in [2.24, 2.45) is 0 Å². The molecule has 0 spiro atoms. The summed E-state index contributed by atoms with van der Waals surface area (Å²) < 4.78 is 2.01. The van der Waals surface area contributed by atoms with E-state index in [-0.39, 0.29) is 11.5 Å². The molecule has 0 aromatic carbocycles. The van der Waals surface area contributed by atoms with Gasteiger partial charge in [-0.15, -0.1) is 11.3 Å². The van der Waals surface area contributed by atoms with Gasteiger partial charge in [-0.1, -0.05) is 0 Å². The highest BCUT2D eigenvalue weighted by molar-refractivity contribution is 7.12. The summed E-state index contributed by atoms with van der Waals surface area (Å²) in [6.45, 7) is 3.91. The van der Waals surface area contributed by atoms with Crippen molar-refractivity contribution in [2.75, 3.05) is 7.05 Å². The maximum atomic E-state index is 11.6. The summed E-state index contributed by atoms with van der Waals surface area (Å²) in [7, 11) is 1.51. The van der Waals surface area contributed by atoms with Crippen LogP contribution in [-0.2, 0) is 4.79 Å². The van der Waals surface area contributed by atoms with E-state index in [1.807, 2.05) is 35.9 Å². The standard InChI is InChI=1S/C14H14N4OS/c1-9-6-11(7-12(8-15)13(19)16-3)10(2)18(9)14-17-4-5-20-14/h4-7H,1-3H3,(H,16,19)/b12-7+. The van der Waals surface area contributed by atoms with E-state index in [0.29, 0.717) is 0 Å². The van der Waals surface area contributed by atoms with Gasteiger partial charge in [-0.05, 0) is 31.6 Å². The molecule has 102 valence electrons. The van der Waals surface area contributed by atoms with Crippen LogP contribution in [0.15, 0.2) is 23.2 Å². The van der Waals surface area contributed by atoms with Crippen molar-refractivity contribution in [1.29, 1.82) is 5.26 Å². The fourth-order valence-corrected chi connectivity index (χ4v) is 2.74. The fraction of sp³-hybridized carbons (Fsp3) is 0.214. The van der Waals surface area contributed by atoms with Gasteiger partial charge >= 0.3 is 0 Å². The quantitative estimate of drug-likeness (QED) is 0.694. The van der Waals surface area contributed by atoms with Crippen LogP contribution in [0, 0.1) is 25.2 Å². The molecule has 6 heteroatoms. The van der Waals surface area contributed by atoms with Crippen LogP contribution in [0.25, 0.3) is 11.2 Å². The summed E-state index contributed by atoms with van der Waals surface area (Å²) in [5.41, 5.74) is 2.90. The van der Waals surface area contributed by atoms with Gasteiger partial charge in [0.1, 0.15) is 11.6 Å². The van der Waals surface area contributed by atoms with Gasteiger partial charge in [0.25, 0.3) is 5.91 Å². The molecule has 0 radical (unpaired) electrons. The number of hydrogen-bond acceptors (Lipinski definition) is 4. The van der Waals surface area contributed by atoms with Crippen LogP contribution in [-0.4, -0.2) is 22.5 Å². The topological polar surface area (TPSA) is 70.7 Å². The van der Waals surface area contributed by atoms with Crippen LogP contribution in [0.2, 0.25) is 0 Å². The van der Waals surface area contributed by atoms with E-state index in [0.717, 1.165) is 22.1 Å². The third kappa shape index (κ3) is 2.49. The normalized spacial score (nSPS) is 11.2. The van der Waals surface area contributed by atoms with Gasteiger partial charge in [0, 0.05) is 30.0 Å². The van der Waals surface area contributed by atoms with Crippen LogP contribution in [0.3, 0.4) is 0 Å². The molecule has 0 bridgehead atoms. The second-order valence-corrected chi connectivity index (χ2v) is 5.10. The van der Waals surface area contributed by atoms with Gasteiger partial charge in [0.15, 0.2) is 5.13 Å². The van der Waals surface area contributed by atoms with Crippen molar-refractivity contribution in [1.82, 2.24) is 14.9 Å². The lowest BCUT2D eigenvalue weighted by Gasteiger charge is -2.04. The first-order valence-corrected chi connectivity index (χ1v) is 6.89. The minimum absolute atomic E-state index is 0.0897. The Labute approximate surface area is 121 Å². The van der Waals surface area contributed by atoms with E-state index in [1.165, 1.54) is 7.05 Å². The Kier molecular flexibility index (Phi) is 4.01. The lowest BCUT2D eigenvalue weighted by atomic mass is 10.1. The Morgan fingerprint density at radius 3 is 2.85 bits per heavy atom. The summed E-state index contributed by atoms with van der Waals surface area (Å²) in [6, 6.07) is 3.86. The van der Waals surface area contributed by atoms with Crippen molar-refractivity contribution >= 4 is 23.3 Å². The Hall–Kier alpha value is -2.39. The molecule has 0 saturated carbocycles. The first kappa shape index (κ1) is 14.0. The van der Waals surface area contributed by atoms with Crippen molar-refractivity contribution in [3.05, 3.63) is 40.2 Å². The number of carbonyl (C=O) groups excluding carboxylic acids is 1. The molecule has 0 saturated heterocycles. The molecule has 0 fully saturated rings. The van der Waals surface area contributed by atoms with Gasteiger partial charge in [0.2, 0.25) is 0 Å². The number of likely N-dealkylation sites (N-methyl/N-ethyl adjacent to an activating group) is 1. The third-order valence-electron chi connectivity index (χ3n) is 2.97. The number of nitrogens with zero attached hydrogens (tertiary/aromatic N) is 3. The molecular weight excluding hydrogens is 272 g/mol. The minimum atomic E-state index is -0.383. The number of nitriles is 1. The van der Waals surface area contributed by atoms with Gasteiger partial charge < -0.3 is 5.32 Å². The van der Waals surface area contributed by atoms with Crippen LogP contribution in [0.4, 0.5) is 0 Å². The van der Waals surface area contributed by atoms with Crippen LogP contribution < -0.4 is 5.32 Å². The number of thiazole rings is 1. The Balaban J connectivity index is 2.51. The third-order valence-corrected chi connectivity index (χ3v) is 3.73. The highest BCUT2D eigenvalue weighted by Crippen LogP contribution is 2.23. The lowest BCUT2D eigenvalue weighted by Crippen LogP contribution is -2.19. The summed E-state index contributed by atoms with van der Waals surface area (Å²) in [4.78, 5) is 15.8. The van der Waals surface area contributed by atoms with Gasteiger partial charge in [-0.2, -0.15) is 5.26 Å². The molecule has 2 heterocycles. The lowest BCUT2D eigenvalue weighted by molar-refractivity contribution is -0.116. The largest absolute Gasteiger partial charge is 0.354 e. The number of carbonyl (C=O) groups is 1. The number of aryl methyl sites for hydroxylation is 1. The fourth-order valence-electron chi connectivity index (χ4n) is 1.99. The molecule has 1 amide bonds. The molecule has 0 aliphatic carbocycles. The molecule has 2 aromatic heterocycles. The van der Waals surface area contributed by atoms with Crippen molar-refractivity contribution in [3.8, 4) is 11.2 Å². The van der Waals surface area contributed by atoms with E-state index in [1.54, 1.807) is 23.6 Å². The summed E-state index contributed by atoms with van der Waals surface area (Å²) in [5.74, 6) is -0.383. The maximum Gasteiger partial charge on any atom is 0.261 e. The van der Waals surface area contributed by atoms with Crippen LogP contribution in [0.1, 0.15) is 17.0 Å². The Morgan fingerprint density at radius 1 is 1.55 bits per heavy atom. The minimum Gasteiger partial charge on any atom is -0.354 e. The molecule has 2 rings (SSSR count). The Morgan fingerprint density at radius 2 is 2.30 bits per heavy atom. The monoisotopic (exact) mass is 286 g/mol. The zero-order chi connectivity index (χ0) is 14.7. The SMILES string of the molecule is CNC(=O)/C(C#N)=C/c1cc(C)n(-c2nccs2)c1C. The van der Waals surface area contributed by atoms with Gasteiger partial charge in [-0.3, -0.25) is 9.36 Å². The molecule has 5 nitrogen and oxygen atoms in total. The average molecular weight is 286 g/mol. The number of rotatable bonds is 3. The molecule has 1 N–H and O–H groups in total. The number of hydrogen-bond donors (Lipinski definition) is 1. The highest BCUT2D eigenvalue weighted by Gasteiger charge is 2.13. The van der Waals surface area contributed by atoms with Crippen molar-refractivity contribution < 1.29 is 4.79 Å². The van der Waals surface area contributed by atoms with Crippen molar-refractivity contribution in [2.45, 2.75) is 13.8 Å². The molecule has 0 unspecified atom stereocenters. The second kappa shape index (κ2) is 5.72. The van der Waals surface area contributed by atoms with E-state index in [4.69, 9.17) is 5.26 Å². The van der Waals surface area contributed by atoms with E-state index < -0.39 is 0 Å². The van der Waals surface area contributed by atoms with E-state index in [2.05, 4.69) is 10.3 Å². The smallest absolute Gasteiger partial charge is 0.261 e. The molecule has 2 aromatic rings. The zero-order valence-electron chi connectivity index (χ0n) is 11.5. The predicted molar refractivity (Wildman–Crippen MR) is 78.6 cm³/mol. The molecule has 0 atom stereocenters. The number of amides is 1. The number of nitrogens with one attached hydrogen (secondary N) is 1. The van der Waals surface area contributed by atoms with Crippen LogP contribution >= 0.6 is 11.3 Å². The summed E-state index contributed by atoms with van der Waals surface area (Å²) >= 11 is 1.54. The Bertz CT molecular complexity index is 704.